The number of benzene rings is 1. The largest absolute Gasteiger partial charge is 0.493 e. The van der Waals surface area contributed by atoms with Crippen LogP contribution in [0.2, 0.25) is 0 Å². The average molecular weight is 294 g/mol. The van der Waals surface area contributed by atoms with Crippen LogP contribution in [0.3, 0.4) is 0 Å². The second-order valence-corrected chi connectivity index (χ2v) is 4.89. The van der Waals surface area contributed by atoms with Crippen LogP contribution < -0.4 is 15.2 Å². The Labute approximate surface area is 127 Å². The number of nitrogens with zero attached hydrogens (tertiary/aromatic N) is 1. The van der Waals surface area contributed by atoms with Crippen LogP contribution in [0.15, 0.2) is 18.2 Å². The molecular weight excluding hydrogens is 268 g/mol. The van der Waals surface area contributed by atoms with E-state index in [4.69, 9.17) is 15.2 Å². The molecule has 0 bridgehead atoms. The Kier molecular flexibility index (Phi) is 7.61. The molecule has 0 fully saturated rings. The highest BCUT2D eigenvalue weighted by Gasteiger charge is 2.14. The van der Waals surface area contributed by atoms with Crippen molar-refractivity contribution < 1.29 is 14.3 Å². The molecule has 0 heterocycles. The molecule has 1 aromatic carbocycles. The van der Waals surface area contributed by atoms with Gasteiger partial charge in [0.1, 0.15) is 0 Å². The van der Waals surface area contributed by atoms with Gasteiger partial charge >= 0.3 is 0 Å². The number of carbonyl (C=O) groups is 1. The third kappa shape index (κ3) is 5.27. The van der Waals surface area contributed by atoms with E-state index in [-0.39, 0.29) is 5.91 Å². The van der Waals surface area contributed by atoms with Crippen LogP contribution in [0.5, 0.6) is 11.5 Å². The first-order valence-electron chi connectivity index (χ1n) is 7.35. The summed E-state index contributed by atoms with van der Waals surface area (Å²) in [5.41, 5.74) is 6.45. The van der Waals surface area contributed by atoms with Gasteiger partial charge in [0, 0.05) is 13.1 Å². The lowest BCUT2D eigenvalue weighted by Gasteiger charge is -2.22. The molecule has 0 aromatic heterocycles. The van der Waals surface area contributed by atoms with Crippen molar-refractivity contribution in [3.05, 3.63) is 23.8 Å². The zero-order valence-electron chi connectivity index (χ0n) is 13.2. The van der Waals surface area contributed by atoms with Crippen molar-refractivity contribution in [2.45, 2.75) is 26.2 Å². The SMILES string of the molecule is CCCN(CCCN)C(=O)Cc1ccc(OC)c(OC)c1. The van der Waals surface area contributed by atoms with E-state index >= 15 is 0 Å². The number of rotatable bonds is 9. The van der Waals surface area contributed by atoms with Crippen LogP contribution in [-0.2, 0) is 11.2 Å². The molecule has 1 rings (SSSR count). The van der Waals surface area contributed by atoms with Crippen molar-refractivity contribution in [1.82, 2.24) is 4.90 Å². The Bertz CT molecular complexity index is 449. The molecular formula is C16H26N2O3. The average Bonchev–Trinajstić information content (AvgIpc) is 2.51. The van der Waals surface area contributed by atoms with Crippen LogP contribution in [0.1, 0.15) is 25.3 Å². The van der Waals surface area contributed by atoms with Gasteiger partial charge in [0.25, 0.3) is 0 Å². The third-order valence-corrected chi connectivity index (χ3v) is 3.28. The zero-order chi connectivity index (χ0) is 15.7. The van der Waals surface area contributed by atoms with E-state index in [1.807, 2.05) is 23.1 Å². The molecule has 0 aliphatic rings. The highest BCUT2D eigenvalue weighted by atomic mass is 16.5. The first-order chi connectivity index (χ1) is 10.2. The van der Waals surface area contributed by atoms with Crippen molar-refractivity contribution in [2.24, 2.45) is 5.73 Å². The lowest BCUT2D eigenvalue weighted by molar-refractivity contribution is -0.130. The minimum absolute atomic E-state index is 0.123. The molecule has 0 spiro atoms. The van der Waals surface area contributed by atoms with Crippen molar-refractivity contribution in [2.75, 3.05) is 33.9 Å². The maximum absolute atomic E-state index is 12.4. The van der Waals surface area contributed by atoms with Gasteiger partial charge in [-0.2, -0.15) is 0 Å². The van der Waals surface area contributed by atoms with Crippen LogP contribution >= 0.6 is 0 Å². The predicted octanol–water partition coefficient (Wildman–Crippen LogP) is 1.83. The quantitative estimate of drug-likeness (QED) is 0.754. The fourth-order valence-electron chi connectivity index (χ4n) is 2.19. The Morgan fingerprint density at radius 1 is 1.19 bits per heavy atom. The summed E-state index contributed by atoms with van der Waals surface area (Å²) in [5.74, 6) is 1.44. The highest BCUT2D eigenvalue weighted by molar-refractivity contribution is 5.79. The number of ether oxygens (including phenoxy) is 2. The van der Waals surface area contributed by atoms with Crippen LogP contribution in [-0.4, -0.2) is 44.7 Å². The number of hydrogen-bond donors (Lipinski definition) is 1. The van der Waals surface area contributed by atoms with E-state index < -0.39 is 0 Å². The van der Waals surface area contributed by atoms with Crippen molar-refractivity contribution in [1.29, 1.82) is 0 Å². The molecule has 0 saturated carbocycles. The number of carbonyl (C=O) groups excluding carboxylic acids is 1. The maximum atomic E-state index is 12.4. The standard InChI is InChI=1S/C16H26N2O3/c1-4-9-18(10-5-8-17)16(19)12-13-6-7-14(20-2)15(11-13)21-3/h6-7,11H,4-5,8-10,12,17H2,1-3H3. The molecule has 118 valence electrons. The second kappa shape index (κ2) is 9.23. The minimum atomic E-state index is 0.123. The van der Waals surface area contributed by atoms with Gasteiger partial charge in [0.05, 0.1) is 20.6 Å². The lowest BCUT2D eigenvalue weighted by Crippen LogP contribution is -2.34. The molecule has 5 nitrogen and oxygen atoms in total. The Hall–Kier alpha value is -1.75. The van der Waals surface area contributed by atoms with E-state index in [0.29, 0.717) is 24.5 Å². The van der Waals surface area contributed by atoms with Crippen molar-refractivity contribution >= 4 is 5.91 Å². The molecule has 0 atom stereocenters. The first kappa shape index (κ1) is 17.3. The monoisotopic (exact) mass is 294 g/mol. The number of hydrogen-bond acceptors (Lipinski definition) is 4. The molecule has 21 heavy (non-hydrogen) atoms. The summed E-state index contributed by atoms with van der Waals surface area (Å²) < 4.78 is 10.5. The van der Waals surface area contributed by atoms with Crippen molar-refractivity contribution in [3.63, 3.8) is 0 Å². The van der Waals surface area contributed by atoms with E-state index in [1.54, 1.807) is 14.2 Å². The number of nitrogens with two attached hydrogens (primary N) is 1. The Balaban J connectivity index is 2.75. The topological polar surface area (TPSA) is 64.8 Å². The van der Waals surface area contributed by atoms with E-state index in [2.05, 4.69) is 6.92 Å². The number of amides is 1. The summed E-state index contributed by atoms with van der Waals surface area (Å²) in [7, 11) is 3.19. The molecule has 0 unspecified atom stereocenters. The summed E-state index contributed by atoms with van der Waals surface area (Å²) >= 11 is 0. The smallest absolute Gasteiger partial charge is 0.226 e. The number of methoxy groups -OCH3 is 2. The molecule has 1 amide bonds. The van der Waals surface area contributed by atoms with E-state index in [1.165, 1.54) is 0 Å². The van der Waals surface area contributed by atoms with Gasteiger partial charge in [0.2, 0.25) is 5.91 Å². The molecule has 0 aliphatic heterocycles. The van der Waals surface area contributed by atoms with Gasteiger partial charge < -0.3 is 20.1 Å². The lowest BCUT2D eigenvalue weighted by atomic mass is 10.1. The van der Waals surface area contributed by atoms with Crippen molar-refractivity contribution in [3.8, 4) is 11.5 Å². The van der Waals surface area contributed by atoms with Gasteiger partial charge in [-0.1, -0.05) is 13.0 Å². The summed E-state index contributed by atoms with van der Waals surface area (Å²) in [6.45, 7) is 4.16. The summed E-state index contributed by atoms with van der Waals surface area (Å²) in [6, 6.07) is 5.57. The molecule has 5 heteroatoms. The van der Waals surface area contributed by atoms with Gasteiger partial charge in [-0.3, -0.25) is 4.79 Å². The van der Waals surface area contributed by atoms with E-state index in [9.17, 15) is 4.79 Å². The van der Waals surface area contributed by atoms with Gasteiger partial charge in [-0.15, -0.1) is 0 Å². The predicted molar refractivity (Wildman–Crippen MR) is 83.8 cm³/mol. The van der Waals surface area contributed by atoms with Gasteiger partial charge in [0.15, 0.2) is 11.5 Å². The Morgan fingerprint density at radius 2 is 1.90 bits per heavy atom. The third-order valence-electron chi connectivity index (χ3n) is 3.28. The normalized spacial score (nSPS) is 10.3. The molecule has 2 N–H and O–H groups in total. The second-order valence-electron chi connectivity index (χ2n) is 4.89. The maximum Gasteiger partial charge on any atom is 0.226 e. The summed E-state index contributed by atoms with van der Waals surface area (Å²) in [5, 5.41) is 0. The summed E-state index contributed by atoms with van der Waals surface area (Å²) in [6.07, 6.45) is 2.14. The van der Waals surface area contributed by atoms with Gasteiger partial charge in [-0.25, -0.2) is 0 Å². The van der Waals surface area contributed by atoms with Gasteiger partial charge in [-0.05, 0) is 37.1 Å². The first-order valence-corrected chi connectivity index (χ1v) is 7.35. The molecule has 1 aromatic rings. The molecule has 0 aliphatic carbocycles. The van der Waals surface area contributed by atoms with Crippen LogP contribution in [0.4, 0.5) is 0 Å². The molecule has 0 radical (unpaired) electrons. The Morgan fingerprint density at radius 3 is 2.48 bits per heavy atom. The fourth-order valence-corrected chi connectivity index (χ4v) is 2.19. The van der Waals surface area contributed by atoms with Crippen LogP contribution in [0, 0.1) is 0 Å². The van der Waals surface area contributed by atoms with E-state index in [0.717, 1.165) is 31.5 Å². The minimum Gasteiger partial charge on any atom is -0.493 e. The zero-order valence-corrected chi connectivity index (χ0v) is 13.2. The fraction of sp³-hybridized carbons (Fsp3) is 0.562. The van der Waals surface area contributed by atoms with Crippen LogP contribution in [0.25, 0.3) is 0 Å². The summed E-state index contributed by atoms with van der Waals surface area (Å²) in [4.78, 5) is 14.3. The molecule has 0 saturated heterocycles. The highest BCUT2D eigenvalue weighted by Crippen LogP contribution is 2.27.